The smallest absolute Gasteiger partial charge is 0.283 e. The number of hydrogen-bond donors (Lipinski definition) is 2. The Morgan fingerprint density at radius 1 is 1.28 bits per heavy atom. The van der Waals surface area contributed by atoms with Crippen LogP contribution in [0.2, 0.25) is 5.02 Å². The average molecular weight is 380 g/mol. The molecule has 130 valence electrons. The number of amides is 2. The monoisotopic (exact) mass is 379 g/mol. The van der Waals surface area contributed by atoms with Gasteiger partial charge in [-0.25, -0.2) is 0 Å². The Morgan fingerprint density at radius 3 is 2.60 bits per heavy atom. The zero-order valence-corrected chi connectivity index (χ0v) is 14.7. The second kappa shape index (κ2) is 8.00. The van der Waals surface area contributed by atoms with Gasteiger partial charge in [-0.1, -0.05) is 17.7 Å². The lowest BCUT2D eigenvalue weighted by Crippen LogP contribution is -2.14. The van der Waals surface area contributed by atoms with E-state index in [0.29, 0.717) is 10.7 Å². The van der Waals surface area contributed by atoms with Crippen LogP contribution in [0.1, 0.15) is 15.9 Å². The average Bonchev–Trinajstić information content (AvgIpc) is 2.55. The van der Waals surface area contributed by atoms with Crippen molar-refractivity contribution in [2.45, 2.75) is 11.8 Å². The van der Waals surface area contributed by atoms with Gasteiger partial charge in [0.05, 0.1) is 26.3 Å². The van der Waals surface area contributed by atoms with Crippen LogP contribution in [-0.2, 0) is 4.79 Å². The maximum atomic E-state index is 12.0. The molecule has 2 amide bonds. The molecule has 0 atom stereocenters. The van der Waals surface area contributed by atoms with Crippen molar-refractivity contribution in [1.82, 2.24) is 0 Å². The quantitative estimate of drug-likeness (QED) is 0.453. The van der Waals surface area contributed by atoms with Gasteiger partial charge in [-0.2, -0.15) is 0 Å². The number of rotatable bonds is 6. The molecule has 0 bridgehead atoms. The summed E-state index contributed by atoms with van der Waals surface area (Å²) in [6, 6.07) is 9.09. The number of carbonyl (C=O) groups excluding carboxylic acids is 2. The van der Waals surface area contributed by atoms with Gasteiger partial charge < -0.3 is 11.1 Å². The fourth-order valence-electron chi connectivity index (χ4n) is 1.99. The number of thioether (sulfide) groups is 1. The maximum absolute atomic E-state index is 12.0. The molecule has 0 spiro atoms. The predicted octanol–water partition coefficient (Wildman–Crippen LogP) is 3.39. The molecule has 0 aliphatic heterocycles. The lowest BCUT2D eigenvalue weighted by molar-refractivity contribution is -0.387. The summed E-state index contributed by atoms with van der Waals surface area (Å²) < 4.78 is 0. The van der Waals surface area contributed by atoms with E-state index in [0.717, 1.165) is 23.4 Å². The fraction of sp³-hybridized carbons (Fsp3) is 0.125. The molecule has 0 saturated carbocycles. The first kappa shape index (κ1) is 18.8. The largest absolute Gasteiger partial charge is 0.366 e. The van der Waals surface area contributed by atoms with E-state index in [9.17, 15) is 19.7 Å². The summed E-state index contributed by atoms with van der Waals surface area (Å²) in [6.07, 6.45) is 0. The molecular formula is C16H14ClN3O4S. The predicted molar refractivity (Wildman–Crippen MR) is 97.2 cm³/mol. The van der Waals surface area contributed by atoms with E-state index in [1.165, 1.54) is 12.1 Å². The molecular weight excluding hydrogens is 366 g/mol. The van der Waals surface area contributed by atoms with Crippen molar-refractivity contribution in [3.8, 4) is 0 Å². The van der Waals surface area contributed by atoms with Crippen molar-refractivity contribution in [2.24, 2.45) is 5.73 Å². The van der Waals surface area contributed by atoms with Crippen LogP contribution in [0.4, 0.5) is 11.4 Å². The van der Waals surface area contributed by atoms with Crippen LogP contribution in [0.25, 0.3) is 0 Å². The second-order valence-corrected chi connectivity index (χ2v) is 6.55. The number of nitro groups is 1. The summed E-state index contributed by atoms with van der Waals surface area (Å²) in [5, 5.41) is 14.2. The molecule has 2 rings (SSSR count). The minimum atomic E-state index is -0.758. The molecule has 2 aromatic carbocycles. The highest BCUT2D eigenvalue weighted by atomic mass is 35.5. The van der Waals surface area contributed by atoms with E-state index in [1.807, 2.05) is 13.0 Å². The number of primary amides is 1. The van der Waals surface area contributed by atoms with Gasteiger partial charge >= 0.3 is 0 Å². The van der Waals surface area contributed by atoms with Crippen molar-refractivity contribution in [3.05, 3.63) is 62.7 Å². The van der Waals surface area contributed by atoms with Crippen molar-refractivity contribution < 1.29 is 14.5 Å². The Hall–Kier alpha value is -2.58. The van der Waals surface area contributed by atoms with Gasteiger partial charge in [0.15, 0.2) is 0 Å². The summed E-state index contributed by atoms with van der Waals surface area (Å²) in [4.78, 5) is 33.9. The van der Waals surface area contributed by atoms with Gasteiger partial charge in [0, 0.05) is 11.6 Å². The zero-order valence-electron chi connectivity index (χ0n) is 13.1. The highest BCUT2D eigenvalue weighted by Gasteiger charge is 2.18. The topological polar surface area (TPSA) is 115 Å². The van der Waals surface area contributed by atoms with Crippen LogP contribution in [0.3, 0.4) is 0 Å². The second-order valence-electron chi connectivity index (χ2n) is 5.12. The molecule has 0 saturated heterocycles. The summed E-state index contributed by atoms with van der Waals surface area (Å²) in [7, 11) is 0. The van der Waals surface area contributed by atoms with E-state index >= 15 is 0 Å². The Labute approximate surface area is 152 Å². The fourth-order valence-corrected chi connectivity index (χ4v) is 3.07. The third-order valence-corrected chi connectivity index (χ3v) is 4.57. The number of aryl methyl sites for hydroxylation is 1. The number of hydrogen-bond acceptors (Lipinski definition) is 5. The van der Waals surface area contributed by atoms with Gasteiger partial charge in [-0.3, -0.25) is 19.7 Å². The minimum absolute atomic E-state index is 0.0342. The van der Waals surface area contributed by atoms with Crippen LogP contribution < -0.4 is 11.1 Å². The molecule has 0 aromatic heterocycles. The first-order chi connectivity index (χ1) is 11.8. The number of nitrogens with zero attached hydrogens (tertiary/aromatic N) is 1. The van der Waals surface area contributed by atoms with Crippen molar-refractivity contribution in [1.29, 1.82) is 0 Å². The molecule has 7 nitrogen and oxygen atoms in total. The summed E-state index contributed by atoms with van der Waals surface area (Å²) >= 11 is 7.03. The van der Waals surface area contributed by atoms with E-state index in [2.05, 4.69) is 5.32 Å². The lowest BCUT2D eigenvalue weighted by Gasteiger charge is -2.08. The summed E-state index contributed by atoms with van der Waals surface area (Å²) in [5.74, 6) is -1.17. The number of anilines is 1. The Balaban J connectivity index is 2.08. The molecule has 2 aromatic rings. The molecule has 0 unspecified atom stereocenters. The number of nitrogens with one attached hydrogen (secondary N) is 1. The molecule has 0 radical (unpaired) electrons. The molecule has 0 heterocycles. The SMILES string of the molecule is Cc1ccc(NC(=O)CSc2ccc(C(N)=O)cc2[N+](=O)[O-])c(Cl)c1. The van der Waals surface area contributed by atoms with Gasteiger partial charge in [0.2, 0.25) is 11.8 Å². The number of nitro benzene ring substituents is 1. The number of carbonyl (C=O) groups is 2. The zero-order chi connectivity index (χ0) is 18.6. The van der Waals surface area contributed by atoms with Crippen molar-refractivity contribution in [3.63, 3.8) is 0 Å². The number of halogens is 1. The van der Waals surface area contributed by atoms with Crippen molar-refractivity contribution >= 4 is 46.6 Å². The molecule has 0 aliphatic carbocycles. The summed E-state index contributed by atoms with van der Waals surface area (Å²) in [5.41, 5.74) is 6.31. The van der Waals surface area contributed by atoms with Crippen LogP contribution in [0.15, 0.2) is 41.3 Å². The molecule has 0 aliphatic rings. The van der Waals surface area contributed by atoms with Gasteiger partial charge in [0.1, 0.15) is 0 Å². The molecule has 25 heavy (non-hydrogen) atoms. The minimum Gasteiger partial charge on any atom is -0.366 e. The summed E-state index contributed by atoms with van der Waals surface area (Å²) in [6.45, 7) is 1.88. The standard InChI is InChI=1S/C16H14ClN3O4S/c1-9-2-4-12(11(17)6-9)19-15(21)8-25-14-5-3-10(16(18)22)7-13(14)20(23)24/h2-7H,8H2,1H3,(H2,18,22)(H,19,21). The van der Waals surface area contributed by atoms with Gasteiger partial charge in [-0.05, 0) is 36.8 Å². The lowest BCUT2D eigenvalue weighted by atomic mass is 10.2. The van der Waals surface area contributed by atoms with E-state index in [-0.39, 0.29) is 27.8 Å². The van der Waals surface area contributed by atoms with E-state index in [1.54, 1.807) is 12.1 Å². The Kier molecular flexibility index (Phi) is 6.00. The molecule has 3 N–H and O–H groups in total. The van der Waals surface area contributed by atoms with E-state index < -0.39 is 10.8 Å². The number of nitrogens with two attached hydrogens (primary N) is 1. The Morgan fingerprint density at radius 2 is 2.00 bits per heavy atom. The van der Waals surface area contributed by atoms with Gasteiger partial charge in [0.25, 0.3) is 5.69 Å². The Bertz CT molecular complexity index is 857. The first-order valence-corrected chi connectivity index (χ1v) is 8.41. The van der Waals surface area contributed by atoms with Gasteiger partial charge in [-0.15, -0.1) is 11.8 Å². The van der Waals surface area contributed by atoms with Crippen LogP contribution >= 0.6 is 23.4 Å². The van der Waals surface area contributed by atoms with E-state index in [4.69, 9.17) is 17.3 Å². The first-order valence-electron chi connectivity index (χ1n) is 7.05. The molecule has 0 fully saturated rings. The van der Waals surface area contributed by atoms with Crippen LogP contribution in [0, 0.1) is 17.0 Å². The highest BCUT2D eigenvalue weighted by Crippen LogP contribution is 2.30. The third-order valence-electron chi connectivity index (χ3n) is 3.20. The highest BCUT2D eigenvalue weighted by molar-refractivity contribution is 8.00. The third kappa shape index (κ3) is 4.94. The van der Waals surface area contributed by atoms with Crippen LogP contribution in [-0.4, -0.2) is 22.5 Å². The molecule has 9 heteroatoms. The van der Waals surface area contributed by atoms with Crippen LogP contribution in [0.5, 0.6) is 0 Å². The number of benzene rings is 2. The maximum Gasteiger partial charge on any atom is 0.283 e. The van der Waals surface area contributed by atoms with Crippen molar-refractivity contribution in [2.75, 3.05) is 11.1 Å². The normalized spacial score (nSPS) is 10.3.